The molecular weight excluding hydrogens is 268 g/mol. The minimum absolute atomic E-state index is 0.0179. The second-order valence-electron chi connectivity index (χ2n) is 3.54. The van der Waals surface area contributed by atoms with Crippen molar-refractivity contribution in [3.8, 4) is 17.9 Å². The van der Waals surface area contributed by atoms with Crippen LogP contribution >= 0.6 is 0 Å². The first-order valence-electron chi connectivity index (χ1n) is 5.50. The lowest BCUT2D eigenvalue weighted by atomic mass is 10.2. The van der Waals surface area contributed by atoms with Gasteiger partial charge in [0.15, 0.2) is 17.4 Å². The van der Waals surface area contributed by atoms with Crippen LogP contribution in [0.4, 0.5) is 14.5 Å². The van der Waals surface area contributed by atoms with Crippen LogP contribution in [0, 0.1) is 34.3 Å². The third-order valence-corrected chi connectivity index (χ3v) is 2.16. The number of rotatable bonds is 6. The Morgan fingerprint density at radius 3 is 2.35 bits per heavy atom. The van der Waals surface area contributed by atoms with Gasteiger partial charge in [0, 0.05) is 31.1 Å². The lowest BCUT2D eigenvalue weighted by Gasteiger charge is -2.09. The molecule has 0 saturated carbocycles. The normalized spacial score (nSPS) is 9.25. The topological polar surface area (TPSA) is 78.1 Å². The van der Waals surface area contributed by atoms with E-state index < -0.39 is 17.4 Å². The van der Waals surface area contributed by atoms with Crippen LogP contribution < -0.4 is 10.1 Å². The van der Waals surface area contributed by atoms with E-state index in [4.69, 9.17) is 20.0 Å². The van der Waals surface area contributed by atoms with Gasteiger partial charge < -0.3 is 14.8 Å². The van der Waals surface area contributed by atoms with Crippen LogP contribution in [0.1, 0.15) is 0 Å². The molecule has 5 nitrogen and oxygen atoms in total. The van der Waals surface area contributed by atoms with Crippen molar-refractivity contribution in [3.05, 3.63) is 35.5 Å². The molecule has 0 aliphatic heterocycles. The molecule has 0 fully saturated rings. The molecule has 1 N–H and O–H groups in total. The summed E-state index contributed by atoms with van der Waals surface area (Å²) in [4.78, 5) is 0. The molecule has 0 unspecified atom stereocenters. The Kier molecular flexibility index (Phi) is 5.95. The number of hydrogen-bond acceptors (Lipinski definition) is 5. The average Bonchev–Trinajstić information content (AvgIpc) is 2.43. The van der Waals surface area contributed by atoms with Crippen molar-refractivity contribution in [1.29, 1.82) is 10.5 Å². The summed E-state index contributed by atoms with van der Waals surface area (Å²) < 4.78 is 36.9. The molecule has 104 valence electrons. The van der Waals surface area contributed by atoms with Gasteiger partial charge in [-0.25, -0.2) is 8.78 Å². The molecule has 0 saturated heterocycles. The average molecular weight is 279 g/mol. The second kappa shape index (κ2) is 7.72. The zero-order valence-corrected chi connectivity index (χ0v) is 10.6. The number of nitrogens with zero attached hydrogens (tertiary/aromatic N) is 2. The highest BCUT2D eigenvalue weighted by molar-refractivity contribution is 5.52. The van der Waals surface area contributed by atoms with E-state index in [9.17, 15) is 8.78 Å². The third kappa shape index (κ3) is 4.23. The molecule has 0 radical (unpaired) electrons. The van der Waals surface area contributed by atoms with E-state index in [1.807, 2.05) is 0 Å². The SMILES string of the molecule is COCCOc1c(F)cc(NC=C(C#N)C#N)cc1F. The first kappa shape index (κ1) is 15.4. The Morgan fingerprint density at radius 1 is 1.25 bits per heavy atom. The zero-order valence-electron chi connectivity index (χ0n) is 10.6. The van der Waals surface area contributed by atoms with Crippen molar-refractivity contribution in [3.63, 3.8) is 0 Å². The maximum atomic E-state index is 13.6. The summed E-state index contributed by atoms with van der Waals surface area (Å²) in [6.07, 6.45) is 1.06. The summed E-state index contributed by atoms with van der Waals surface area (Å²) in [6, 6.07) is 5.20. The van der Waals surface area contributed by atoms with Crippen molar-refractivity contribution >= 4 is 5.69 Å². The van der Waals surface area contributed by atoms with Crippen molar-refractivity contribution in [2.24, 2.45) is 0 Å². The maximum absolute atomic E-state index is 13.6. The number of hydrogen-bond donors (Lipinski definition) is 1. The Morgan fingerprint density at radius 2 is 1.85 bits per heavy atom. The summed E-state index contributed by atoms with van der Waals surface area (Å²) in [5, 5.41) is 19.5. The van der Waals surface area contributed by atoms with Gasteiger partial charge >= 0.3 is 0 Å². The minimum Gasteiger partial charge on any atom is -0.485 e. The molecule has 0 amide bonds. The van der Waals surface area contributed by atoms with Crippen LogP contribution in [0.3, 0.4) is 0 Å². The molecule has 0 spiro atoms. The van der Waals surface area contributed by atoms with Crippen LogP contribution in [-0.2, 0) is 4.74 Å². The molecule has 20 heavy (non-hydrogen) atoms. The summed E-state index contributed by atoms with van der Waals surface area (Å²) in [5.74, 6) is -2.29. The molecule has 1 rings (SSSR count). The number of anilines is 1. The highest BCUT2D eigenvalue weighted by Gasteiger charge is 2.12. The number of ether oxygens (including phenoxy) is 2. The fourth-order valence-corrected chi connectivity index (χ4v) is 1.25. The van der Waals surface area contributed by atoms with Crippen LogP contribution in [0.2, 0.25) is 0 Å². The van der Waals surface area contributed by atoms with Crippen LogP contribution in [0.15, 0.2) is 23.9 Å². The molecule has 7 heteroatoms. The van der Waals surface area contributed by atoms with Gasteiger partial charge in [-0.2, -0.15) is 10.5 Å². The molecular formula is C13H11F2N3O2. The van der Waals surface area contributed by atoms with Crippen molar-refractivity contribution in [1.82, 2.24) is 0 Å². The summed E-state index contributed by atoms with van der Waals surface area (Å²) in [7, 11) is 1.44. The van der Waals surface area contributed by atoms with Gasteiger partial charge in [-0.3, -0.25) is 0 Å². The molecule has 0 bridgehead atoms. The second-order valence-corrected chi connectivity index (χ2v) is 3.54. The Hall–Kier alpha value is -2.64. The lowest BCUT2D eigenvalue weighted by molar-refractivity contribution is 0.141. The highest BCUT2D eigenvalue weighted by Crippen LogP contribution is 2.25. The van der Waals surface area contributed by atoms with Crippen LogP contribution in [0.5, 0.6) is 5.75 Å². The van der Waals surface area contributed by atoms with Gasteiger partial charge in [-0.15, -0.1) is 0 Å². The summed E-state index contributed by atoms with van der Waals surface area (Å²) in [5.41, 5.74) is -0.159. The number of halogens is 2. The quantitative estimate of drug-likeness (QED) is 0.638. The van der Waals surface area contributed by atoms with Gasteiger partial charge in [0.25, 0.3) is 0 Å². The van der Waals surface area contributed by atoms with Crippen molar-refractivity contribution in [2.75, 3.05) is 25.6 Å². The van der Waals surface area contributed by atoms with E-state index in [2.05, 4.69) is 5.32 Å². The van der Waals surface area contributed by atoms with E-state index in [1.165, 1.54) is 7.11 Å². The van der Waals surface area contributed by atoms with E-state index in [0.717, 1.165) is 18.3 Å². The van der Waals surface area contributed by atoms with Crippen LogP contribution in [0.25, 0.3) is 0 Å². The largest absolute Gasteiger partial charge is 0.485 e. The van der Waals surface area contributed by atoms with E-state index in [1.54, 1.807) is 12.1 Å². The molecule has 0 aromatic heterocycles. The molecule has 0 aliphatic rings. The lowest BCUT2D eigenvalue weighted by Crippen LogP contribution is -2.07. The number of methoxy groups -OCH3 is 1. The number of nitriles is 2. The Balaban J connectivity index is 2.86. The monoisotopic (exact) mass is 279 g/mol. The predicted octanol–water partition coefficient (Wildman–Crippen LogP) is 2.33. The first-order chi connectivity index (χ1) is 9.62. The van der Waals surface area contributed by atoms with Crippen LogP contribution in [-0.4, -0.2) is 20.3 Å². The van der Waals surface area contributed by atoms with E-state index in [0.29, 0.717) is 0 Å². The maximum Gasteiger partial charge on any atom is 0.190 e. The fraction of sp³-hybridized carbons (Fsp3) is 0.231. The number of allylic oxidation sites excluding steroid dienone is 1. The van der Waals surface area contributed by atoms with Gasteiger partial charge in [0.1, 0.15) is 24.3 Å². The smallest absolute Gasteiger partial charge is 0.190 e. The highest BCUT2D eigenvalue weighted by atomic mass is 19.1. The van der Waals surface area contributed by atoms with E-state index >= 15 is 0 Å². The Bertz CT molecular complexity index is 549. The molecule has 0 heterocycles. The van der Waals surface area contributed by atoms with Crippen molar-refractivity contribution in [2.45, 2.75) is 0 Å². The van der Waals surface area contributed by atoms with Gasteiger partial charge in [0.2, 0.25) is 0 Å². The predicted molar refractivity (Wildman–Crippen MR) is 66.7 cm³/mol. The van der Waals surface area contributed by atoms with E-state index in [-0.39, 0.29) is 24.5 Å². The number of benzene rings is 1. The Labute approximate surface area is 114 Å². The molecule has 1 aromatic carbocycles. The summed E-state index contributed by atoms with van der Waals surface area (Å²) in [6.45, 7) is 0.222. The fourth-order valence-electron chi connectivity index (χ4n) is 1.25. The molecule has 0 atom stereocenters. The molecule has 0 aliphatic carbocycles. The summed E-state index contributed by atoms with van der Waals surface area (Å²) >= 11 is 0. The molecule has 1 aromatic rings. The minimum atomic E-state index is -0.896. The van der Waals surface area contributed by atoms with Gasteiger partial charge in [0.05, 0.1) is 6.61 Å². The third-order valence-electron chi connectivity index (χ3n) is 2.16. The van der Waals surface area contributed by atoms with Gasteiger partial charge in [-0.1, -0.05) is 0 Å². The zero-order chi connectivity index (χ0) is 15.0. The standard InChI is InChI=1S/C13H11F2N3O2/c1-19-2-3-20-13-11(14)4-10(5-12(13)15)18-8-9(6-16)7-17/h4-5,8,18H,2-3H2,1H3. The number of nitrogens with one attached hydrogen (secondary N) is 1. The van der Waals surface area contributed by atoms with Crippen molar-refractivity contribution < 1.29 is 18.3 Å². The first-order valence-corrected chi connectivity index (χ1v) is 5.50. The van der Waals surface area contributed by atoms with Gasteiger partial charge in [-0.05, 0) is 0 Å².